The molecule has 0 saturated heterocycles. The van der Waals surface area contributed by atoms with Gasteiger partial charge in [-0.05, 0) is 48.1 Å². The van der Waals surface area contributed by atoms with Crippen LogP contribution in [0.4, 0.5) is 10.1 Å². The van der Waals surface area contributed by atoms with E-state index in [0.29, 0.717) is 10.7 Å². The number of nitrogen functional groups attached to an aromatic ring is 1. The number of nitrogens with zero attached hydrogens (tertiary/aromatic N) is 3. The zero-order chi connectivity index (χ0) is 21.7. The number of anilines is 1. The Balaban J connectivity index is 1.56. The second-order valence-electron chi connectivity index (χ2n) is 6.17. The number of carbonyl (C=O) groups is 1. The van der Waals surface area contributed by atoms with Gasteiger partial charge in [0.05, 0.1) is 0 Å². The topological polar surface area (TPSA) is 119 Å². The van der Waals surface area contributed by atoms with E-state index in [1.807, 2.05) is 0 Å². The number of nitrogens with one attached hydrogen (secondary N) is 3. The van der Waals surface area contributed by atoms with Gasteiger partial charge < -0.3 is 11.2 Å². The van der Waals surface area contributed by atoms with Crippen molar-refractivity contribution in [3.8, 4) is 0 Å². The first-order valence-electron chi connectivity index (χ1n) is 8.61. The smallest absolute Gasteiger partial charge is 0.333 e. The van der Waals surface area contributed by atoms with Gasteiger partial charge in [-0.2, -0.15) is 9.77 Å². The van der Waals surface area contributed by atoms with E-state index in [9.17, 15) is 14.0 Å². The van der Waals surface area contributed by atoms with Gasteiger partial charge in [-0.3, -0.25) is 15.6 Å². The predicted molar refractivity (Wildman–Crippen MR) is 115 cm³/mol. The fourth-order valence-corrected chi connectivity index (χ4v) is 2.80. The van der Waals surface area contributed by atoms with Crippen LogP contribution in [0, 0.1) is 5.82 Å². The van der Waals surface area contributed by atoms with Crippen molar-refractivity contribution in [2.24, 2.45) is 0 Å². The summed E-state index contributed by atoms with van der Waals surface area (Å²) in [6.45, 7) is -0.383. The number of benzene rings is 2. The minimum atomic E-state index is -0.644. The lowest BCUT2D eigenvalue weighted by Gasteiger charge is -2.11. The largest absolute Gasteiger partial charge is 0.365 e. The van der Waals surface area contributed by atoms with Crippen molar-refractivity contribution in [2.45, 2.75) is 13.0 Å². The van der Waals surface area contributed by atoms with E-state index in [0.717, 1.165) is 14.9 Å². The zero-order valence-corrected chi connectivity index (χ0v) is 17.0. The molecule has 2 aromatic carbocycles. The lowest BCUT2D eigenvalue weighted by molar-refractivity contribution is -0.122. The summed E-state index contributed by atoms with van der Waals surface area (Å²) in [5.41, 5.74) is 5.40. The Morgan fingerprint density at radius 1 is 1.20 bits per heavy atom. The maximum absolute atomic E-state index is 13.2. The van der Waals surface area contributed by atoms with Gasteiger partial charge in [0.15, 0.2) is 10.9 Å². The number of nitrogens with two attached hydrogens (primary N) is 1. The van der Waals surface area contributed by atoms with E-state index in [-0.39, 0.29) is 23.9 Å². The minimum absolute atomic E-state index is 0.0362. The van der Waals surface area contributed by atoms with Crippen LogP contribution in [-0.4, -0.2) is 25.5 Å². The third-order valence-corrected chi connectivity index (χ3v) is 4.36. The molecule has 0 aliphatic rings. The SMILES string of the molecule is Nn1c(Cc2ccc(Cl)cc2)nn(CC(=O)NNC(=S)Nc2cccc(F)c2)c1=O. The first-order valence-corrected chi connectivity index (χ1v) is 9.40. The summed E-state index contributed by atoms with van der Waals surface area (Å²) in [6.07, 6.45) is 0.289. The van der Waals surface area contributed by atoms with Crippen LogP contribution < -0.4 is 27.7 Å². The van der Waals surface area contributed by atoms with E-state index < -0.39 is 17.4 Å². The average molecular weight is 450 g/mol. The number of hydrogen-bond acceptors (Lipinski definition) is 5. The monoisotopic (exact) mass is 449 g/mol. The molecule has 0 fully saturated rings. The molecule has 3 rings (SSSR count). The fraction of sp³-hybridized carbons (Fsp3) is 0.111. The minimum Gasteiger partial charge on any atom is -0.333 e. The molecule has 156 valence electrons. The molecule has 1 amide bonds. The van der Waals surface area contributed by atoms with Crippen molar-refractivity contribution in [1.29, 1.82) is 0 Å². The number of rotatable bonds is 5. The third-order valence-electron chi connectivity index (χ3n) is 3.91. The van der Waals surface area contributed by atoms with Crippen LogP contribution in [0.15, 0.2) is 53.3 Å². The molecule has 0 atom stereocenters. The molecular formula is C18H17ClFN7O2S. The van der Waals surface area contributed by atoms with Crippen molar-refractivity contribution in [1.82, 2.24) is 25.3 Å². The molecule has 30 heavy (non-hydrogen) atoms. The van der Waals surface area contributed by atoms with Crippen molar-refractivity contribution in [3.05, 3.63) is 81.2 Å². The quantitative estimate of drug-likeness (QED) is 0.262. The standard InChI is InChI=1S/C18H17ClFN7O2S/c19-12-6-4-11(5-7-12)8-15-25-26(18(29)27(15)21)10-16(28)23-24-17(30)22-14-3-1-2-13(20)9-14/h1-7,9H,8,10,21H2,(H,23,28)(H2,22,24,30). The van der Waals surface area contributed by atoms with Crippen molar-refractivity contribution in [3.63, 3.8) is 0 Å². The molecular weight excluding hydrogens is 433 g/mol. The second kappa shape index (κ2) is 9.37. The van der Waals surface area contributed by atoms with Gasteiger partial charge in [-0.25, -0.2) is 13.9 Å². The van der Waals surface area contributed by atoms with Crippen LogP contribution in [0.5, 0.6) is 0 Å². The second-order valence-corrected chi connectivity index (χ2v) is 7.01. The van der Waals surface area contributed by atoms with E-state index in [4.69, 9.17) is 29.7 Å². The first-order chi connectivity index (χ1) is 14.3. The van der Waals surface area contributed by atoms with Crippen molar-refractivity contribution in [2.75, 3.05) is 11.2 Å². The van der Waals surface area contributed by atoms with Gasteiger partial charge in [0, 0.05) is 17.1 Å². The van der Waals surface area contributed by atoms with Crippen molar-refractivity contribution >= 4 is 40.5 Å². The van der Waals surface area contributed by atoms with Gasteiger partial charge in [-0.15, -0.1) is 0 Å². The Kier molecular flexibility index (Phi) is 6.65. The number of carbonyl (C=O) groups excluding carboxylic acids is 1. The summed E-state index contributed by atoms with van der Waals surface area (Å²) in [6, 6.07) is 12.7. The maximum atomic E-state index is 13.2. The molecule has 0 bridgehead atoms. The number of thiocarbonyl (C=S) groups is 1. The van der Waals surface area contributed by atoms with Crippen LogP contribution in [0.2, 0.25) is 5.02 Å². The molecule has 0 aliphatic heterocycles. The Morgan fingerprint density at radius 3 is 2.63 bits per heavy atom. The Hall–Kier alpha value is -3.44. The summed E-state index contributed by atoms with van der Waals surface area (Å²) in [5, 5.41) is 7.43. The highest BCUT2D eigenvalue weighted by atomic mass is 35.5. The third kappa shape index (κ3) is 5.55. The van der Waals surface area contributed by atoms with Gasteiger partial charge in [0.2, 0.25) is 0 Å². The van der Waals surface area contributed by atoms with Crippen LogP contribution in [0.25, 0.3) is 0 Å². The van der Waals surface area contributed by atoms with Gasteiger partial charge >= 0.3 is 5.69 Å². The average Bonchev–Trinajstić information content (AvgIpc) is 2.96. The molecule has 1 aromatic heterocycles. The van der Waals surface area contributed by atoms with E-state index in [1.165, 1.54) is 18.2 Å². The predicted octanol–water partition coefficient (Wildman–Crippen LogP) is 1.16. The highest BCUT2D eigenvalue weighted by Gasteiger charge is 2.14. The maximum Gasteiger partial charge on any atom is 0.365 e. The summed E-state index contributed by atoms with van der Waals surface area (Å²) >= 11 is 10.9. The lowest BCUT2D eigenvalue weighted by Crippen LogP contribution is -2.46. The van der Waals surface area contributed by atoms with Gasteiger partial charge in [0.1, 0.15) is 12.4 Å². The van der Waals surface area contributed by atoms with E-state index in [1.54, 1.807) is 30.3 Å². The number of amides is 1. The van der Waals surface area contributed by atoms with Crippen LogP contribution in [0.3, 0.4) is 0 Å². The molecule has 0 spiro atoms. The highest BCUT2D eigenvalue weighted by molar-refractivity contribution is 7.80. The van der Waals surface area contributed by atoms with Crippen molar-refractivity contribution < 1.29 is 9.18 Å². The summed E-state index contributed by atoms with van der Waals surface area (Å²) < 4.78 is 15.0. The van der Waals surface area contributed by atoms with Crippen LogP contribution >= 0.6 is 23.8 Å². The van der Waals surface area contributed by atoms with Crippen LogP contribution in [0.1, 0.15) is 11.4 Å². The molecule has 0 unspecified atom stereocenters. The first kappa shape index (κ1) is 21.3. The number of hydrogen-bond donors (Lipinski definition) is 4. The number of hydrazine groups is 1. The summed E-state index contributed by atoms with van der Waals surface area (Å²) in [7, 11) is 0. The number of halogens is 2. The van der Waals surface area contributed by atoms with Crippen LogP contribution in [-0.2, 0) is 17.8 Å². The Labute approximate surface area is 180 Å². The highest BCUT2D eigenvalue weighted by Crippen LogP contribution is 2.12. The molecule has 1 heterocycles. The van der Waals surface area contributed by atoms with Gasteiger partial charge in [-0.1, -0.05) is 29.8 Å². The van der Waals surface area contributed by atoms with E-state index in [2.05, 4.69) is 21.3 Å². The summed E-state index contributed by atoms with van der Waals surface area (Å²) in [4.78, 5) is 24.3. The Bertz CT molecular complexity index is 1130. The molecule has 0 saturated carbocycles. The normalized spacial score (nSPS) is 10.5. The van der Waals surface area contributed by atoms with E-state index >= 15 is 0 Å². The molecule has 12 heteroatoms. The molecule has 3 aromatic rings. The summed E-state index contributed by atoms with van der Waals surface area (Å²) in [5.74, 6) is 5.03. The molecule has 0 radical (unpaired) electrons. The Morgan fingerprint density at radius 2 is 1.93 bits per heavy atom. The zero-order valence-electron chi connectivity index (χ0n) is 15.4. The lowest BCUT2D eigenvalue weighted by atomic mass is 10.1. The molecule has 9 nitrogen and oxygen atoms in total. The van der Waals surface area contributed by atoms with Gasteiger partial charge in [0.25, 0.3) is 5.91 Å². The molecule has 0 aliphatic carbocycles. The fourth-order valence-electron chi connectivity index (χ4n) is 2.50. The molecule has 5 N–H and O–H groups in total. The number of aromatic nitrogens is 3.